The van der Waals surface area contributed by atoms with Crippen LogP contribution in [0.25, 0.3) is 0 Å². The molecule has 1 amide bonds. The van der Waals surface area contributed by atoms with Crippen molar-refractivity contribution in [2.75, 3.05) is 13.1 Å². The summed E-state index contributed by atoms with van der Waals surface area (Å²) in [5, 5.41) is 9.73. The van der Waals surface area contributed by atoms with Crippen LogP contribution < -0.4 is 0 Å². The van der Waals surface area contributed by atoms with Crippen molar-refractivity contribution in [1.82, 2.24) is 4.90 Å². The molecule has 1 fully saturated rings. The number of carbonyl (C=O) groups is 1. The minimum absolute atomic E-state index is 0.0538. The molecule has 2 unspecified atom stereocenters. The van der Waals surface area contributed by atoms with Crippen molar-refractivity contribution in [3.63, 3.8) is 0 Å². The van der Waals surface area contributed by atoms with E-state index in [1.54, 1.807) is 0 Å². The molecule has 1 aromatic carbocycles. The lowest BCUT2D eigenvalue weighted by Gasteiger charge is -2.34. The first-order chi connectivity index (χ1) is 8.97. The summed E-state index contributed by atoms with van der Waals surface area (Å²) in [7, 11) is 0. The molecule has 5 heteroatoms. The molecule has 1 aromatic rings. The van der Waals surface area contributed by atoms with Crippen molar-refractivity contribution in [3.8, 4) is 0 Å². The highest BCUT2D eigenvalue weighted by molar-refractivity contribution is 5.79. The molecule has 0 radical (unpaired) electrons. The largest absolute Gasteiger partial charge is 0.391 e. The summed E-state index contributed by atoms with van der Waals surface area (Å²) in [5.41, 5.74) is 0.0538. The highest BCUT2D eigenvalue weighted by Gasteiger charge is 2.27. The zero-order valence-electron chi connectivity index (χ0n) is 10.8. The Morgan fingerprint density at radius 2 is 2.21 bits per heavy atom. The molecule has 1 N–H and O–H groups in total. The Morgan fingerprint density at radius 3 is 2.89 bits per heavy atom. The molecule has 1 aliphatic heterocycles. The number of piperidine rings is 1. The van der Waals surface area contributed by atoms with Crippen molar-refractivity contribution < 1.29 is 18.7 Å². The van der Waals surface area contributed by atoms with Gasteiger partial charge in [-0.3, -0.25) is 4.79 Å². The van der Waals surface area contributed by atoms with Crippen molar-refractivity contribution in [2.45, 2.75) is 25.9 Å². The van der Waals surface area contributed by atoms with E-state index < -0.39 is 17.7 Å². The summed E-state index contributed by atoms with van der Waals surface area (Å²) in [6, 6.07) is 3.08. The predicted molar refractivity (Wildman–Crippen MR) is 66.4 cm³/mol. The van der Waals surface area contributed by atoms with Gasteiger partial charge in [0.25, 0.3) is 0 Å². The molecule has 3 nitrogen and oxygen atoms in total. The highest BCUT2D eigenvalue weighted by Crippen LogP contribution is 2.18. The second-order valence-corrected chi connectivity index (χ2v) is 5.09. The smallest absolute Gasteiger partial charge is 0.227 e. The zero-order valence-corrected chi connectivity index (χ0v) is 10.8. The number of aliphatic hydroxyl groups is 1. The Kier molecular flexibility index (Phi) is 4.14. The number of nitrogens with zero attached hydrogens (tertiary/aromatic N) is 1. The second kappa shape index (κ2) is 5.65. The quantitative estimate of drug-likeness (QED) is 0.888. The Morgan fingerprint density at radius 1 is 1.47 bits per heavy atom. The van der Waals surface area contributed by atoms with E-state index in [0.29, 0.717) is 6.54 Å². The van der Waals surface area contributed by atoms with Crippen LogP contribution in [0, 0.1) is 17.6 Å². The van der Waals surface area contributed by atoms with E-state index in [0.717, 1.165) is 24.6 Å². The minimum Gasteiger partial charge on any atom is -0.391 e. The summed E-state index contributed by atoms with van der Waals surface area (Å²) < 4.78 is 26.5. The number of β-amino-alcohol motifs (C(OH)–C–C–N with tert-alkyl or cyclic N) is 1. The van der Waals surface area contributed by atoms with E-state index in [1.165, 1.54) is 4.90 Å². The van der Waals surface area contributed by atoms with Crippen LogP contribution in [-0.4, -0.2) is 35.1 Å². The monoisotopic (exact) mass is 269 g/mol. The van der Waals surface area contributed by atoms with Crippen LogP contribution in [0.5, 0.6) is 0 Å². The van der Waals surface area contributed by atoms with Gasteiger partial charge in [0.2, 0.25) is 5.91 Å². The number of hydrogen-bond acceptors (Lipinski definition) is 2. The fraction of sp³-hybridized carbons (Fsp3) is 0.500. The van der Waals surface area contributed by atoms with E-state index >= 15 is 0 Å². The van der Waals surface area contributed by atoms with Gasteiger partial charge in [0.15, 0.2) is 0 Å². The van der Waals surface area contributed by atoms with E-state index in [2.05, 4.69) is 0 Å². The molecule has 0 saturated carbocycles. The average molecular weight is 269 g/mol. The van der Waals surface area contributed by atoms with Gasteiger partial charge in [-0.25, -0.2) is 8.78 Å². The lowest BCUT2D eigenvalue weighted by Crippen LogP contribution is -2.46. The number of rotatable bonds is 2. The number of carbonyl (C=O) groups excluding carboxylic acids is 1. The molecule has 19 heavy (non-hydrogen) atoms. The Bertz CT molecular complexity index is 479. The zero-order chi connectivity index (χ0) is 14.0. The molecule has 0 spiro atoms. The van der Waals surface area contributed by atoms with Gasteiger partial charge in [0.1, 0.15) is 11.6 Å². The van der Waals surface area contributed by atoms with E-state index in [1.807, 2.05) is 6.92 Å². The number of amides is 1. The first kappa shape index (κ1) is 13.9. The van der Waals surface area contributed by atoms with Crippen molar-refractivity contribution in [1.29, 1.82) is 0 Å². The topological polar surface area (TPSA) is 40.5 Å². The molecule has 104 valence electrons. The first-order valence-electron chi connectivity index (χ1n) is 6.37. The van der Waals surface area contributed by atoms with Crippen molar-refractivity contribution >= 4 is 5.91 Å². The maximum absolute atomic E-state index is 13.4. The van der Waals surface area contributed by atoms with Crippen LogP contribution >= 0.6 is 0 Å². The molecule has 2 atom stereocenters. The molecule has 2 rings (SSSR count). The number of hydrogen-bond donors (Lipinski definition) is 1. The molecular formula is C14H17F2NO2. The van der Waals surface area contributed by atoms with Crippen LogP contribution in [0.15, 0.2) is 18.2 Å². The first-order valence-corrected chi connectivity index (χ1v) is 6.37. The summed E-state index contributed by atoms with van der Waals surface area (Å²) >= 11 is 0. The number of halogens is 2. The van der Waals surface area contributed by atoms with Gasteiger partial charge in [0.05, 0.1) is 12.5 Å². The fourth-order valence-corrected chi connectivity index (χ4v) is 2.23. The maximum atomic E-state index is 13.4. The Hall–Kier alpha value is -1.49. The minimum atomic E-state index is -0.583. The van der Waals surface area contributed by atoms with Crippen molar-refractivity contribution in [2.24, 2.45) is 5.92 Å². The standard InChI is InChI=1S/C14H17F2NO2/c1-9-4-5-17(8-13(9)18)14(19)7-10-6-11(15)2-3-12(10)16/h2-3,6,9,13,18H,4-5,7-8H2,1H3. The van der Waals surface area contributed by atoms with Gasteiger partial charge in [-0.15, -0.1) is 0 Å². The van der Waals surface area contributed by atoms with Gasteiger partial charge in [-0.1, -0.05) is 6.92 Å². The molecule has 1 saturated heterocycles. The average Bonchev–Trinajstić information content (AvgIpc) is 2.37. The summed E-state index contributed by atoms with van der Waals surface area (Å²) in [4.78, 5) is 13.5. The molecule has 1 heterocycles. The summed E-state index contributed by atoms with van der Waals surface area (Å²) in [6.07, 6.45) is -0.00137. The van der Waals surface area contributed by atoms with Gasteiger partial charge in [-0.2, -0.15) is 0 Å². The van der Waals surface area contributed by atoms with E-state index in [-0.39, 0.29) is 30.4 Å². The van der Waals surface area contributed by atoms with Gasteiger partial charge in [-0.05, 0) is 30.5 Å². The third-order valence-corrected chi connectivity index (χ3v) is 3.62. The van der Waals surface area contributed by atoms with Crippen LogP contribution in [0.4, 0.5) is 8.78 Å². The number of likely N-dealkylation sites (tertiary alicyclic amines) is 1. The van der Waals surface area contributed by atoms with Crippen LogP contribution in [0.1, 0.15) is 18.9 Å². The normalized spacial score (nSPS) is 23.5. The van der Waals surface area contributed by atoms with Crippen LogP contribution in [0.3, 0.4) is 0 Å². The molecule has 0 bridgehead atoms. The SMILES string of the molecule is CC1CCN(C(=O)Cc2cc(F)ccc2F)CC1O. The van der Waals surface area contributed by atoms with Crippen LogP contribution in [-0.2, 0) is 11.2 Å². The highest BCUT2D eigenvalue weighted by atomic mass is 19.1. The van der Waals surface area contributed by atoms with Crippen LogP contribution in [0.2, 0.25) is 0 Å². The molecule has 0 aromatic heterocycles. The van der Waals surface area contributed by atoms with E-state index in [9.17, 15) is 18.7 Å². The lowest BCUT2D eigenvalue weighted by atomic mass is 9.95. The van der Waals surface area contributed by atoms with Gasteiger partial charge in [0, 0.05) is 18.7 Å². The number of aliphatic hydroxyl groups excluding tert-OH is 1. The van der Waals surface area contributed by atoms with E-state index in [4.69, 9.17) is 0 Å². The number of benzene rings is 1. The third kappa shape index (κ3) is 3.29. The lowest BCUT2D eigenvalue weighted by molar-refractivity contribution is -0.134. The summed E-state index contributed by atoms with van der Waals surface area (Å²) in [5.74, 6) is -1.26. The maximum Gasteiger partial charge on any atom is 0.227 e. The molecular weight excluding hydrogens is 252 g/mol. The molecule has 1 aliphatic rings. The third-order valence-electron chi connectivity index (χ3n) is 3.62. The predicted octanol–water partition coefficient (Wildman–Crippen LogP) is 1.74. The van der Waals surface area contributed by atoms with Crippen molar-refractivity contribution in [3.05, 3.63) is 35.4 Å². The Labute approximate surface area is 110 Å². The van der Waals surface area contributed by atoms with Gasteiger partial charge < -0.3 is 10.0 Å². The Balaban J connectivity index is 2.03. The second-order valence-electron chi connectivity index (χ2n) is 5.09. The fourth-order valence-electron chi connectivity index (χ4n) is 2.23. The molecule has 0 aliphatic carbocycles. The summed E-state index contributed by atoms with van der Waals surface area (Å²) in [6.45, 7) is 2.74. The van der Waals surface area contributed by atoms with Gasteiger partial charge >= 0.3 is 0 Å².